The van der Waals surface area contributed by atoms with Crippen LogP contribution >= 0.6 is 0 Å². The fourth-order valence-electron chi connectivity index (χ4n) is 2.70. The van der Waals surface area contributed by atoms with Gasteiger partial charge in [-0.05, 0) is 26.8 Å². The molecule has 0 bridgehead atoms. The van der Waals surface area contributed by atoms with E-state index in [1.807, 2.05) is 45.0 Å². The fraction of sp³-hybridized carbons (Fsp3) is 0.562. The molecule has 2 rings (SSSR count). The predicted molar refractivity (Wildman–Crippen MR) is 81.4 cm³/mol. The second-order valence-electron chi connectivity index (χ2n) is 5.91. The van der Waals surface area contributed by atoms with Gasteiger partial charge in [-0.3, -0.25) is 0 Å². The summed E-state index contributed by atoms with van der Waals surface area (Å²) in [7, 11) is 0. The lowest BCUT2D eigenvalue weighted by Gasteiger charge is -2.38. The normalized spacial score (nSPS) is 19.3. The van der Waals surface area contributed by atoms with Gasteiger partial charge in [0.1, 0.15) is 11.4 Å². The zero-order valence-corrected chi connectivity index (χ0v) is 12.9. The molecule has 0 spiro atoms. The van der Waals surface area contributed by atoms with E-state index in [-0.39, 0.29) is 24.3 Å². The van der Waals surface area contributed by atoms with Crippen LogP contribution in [0.3, 0.4) is 0 Å². The van der Waals surface area contributed by atoms with Gasteiger partial charge in [-0.2, -0.15) is 0 Å². The quantitative estimate of drug-likeness (QED) is 0.895. The molecule has 1 heterocycles. The number of hydrogen-bond acceptors (Lipinski definition) is 3. The van der Waals surface area contributed by atoms with Crippen LogP contribution in [0.5, 0.6) is 5.75 Å². The van der Waals surface area contributed by atoms with Crippen molar-refractivity contribution in [3.63, 3.8) is 0 Å². The molecular weight excluding hydrogens is 268 g/mol. The smallest absolute Gasteiger partial charge is 0.317 e. The minimum atomic E-state index is -0.319. The molecule has 0 fully saturated rings. The maximum atomic E-state index is 12.3. The first-order valence-electron chi connectivity index (χ1n) is 7.41. The number of amides is 2. The predicted octanol–water partition coefficient (Wildman–Crippen LogP) is 2.31. The number of hydrogen-bond donors (Lipinski definition) is 2. The number of aliphatic hydroxyl groups excluding tert-OH is 1. The number of para-hydroxylation sites is 1. The van der Waals surface area contributed by atoms with Crippen LogP contribution in [0, 0.1) is 0 Å². The Morgan fingerprint density at radius 2 is 2.19 bits per heavy atom. The Kier molecular flexibility index (Phi) is 4.73. The maximum absolute atomic E-state index is 12.3. The number of rotatable bonds is 4. The molecular formula is C16H24N2O3. The molecule has 1 aromatic rings. The molecule has 5 nitrogen and oxygen atoms in total. The minimum absolute atomic E-state index is 0.0306. The van der Waals surface area contributed by atoms with Crippen LogP contribution in [-0.4, -0.2) is 41.3 Å². The topological polar surface area (TPSA) is 61.8 Å². The lowest BCUT2D eigenvalue weighted by molar-refractivity contribution is 0.0663. The molecule has 0 aliphatic carbocycles. The molecule has 1 aliphatic heterocycles. The Bertz CT molecular complexity index is 502. The van der Waals surface area contributed by atoms with Crippen LogP contribution < -0.4 is 10.1 Å². The molecule has 0 radical (unpaired) electrons. The third-order valence-electron chi connectivity index (χ3n) is 3.71. The molecule has 1 aliphatic rings. The van der Waals surface area contributed by atoms with E-state index in [1.54, 1.807) is 4.90 Å². The Morgan fingerprint density at radius 3 is 2.86 bits per heavy atom. The number of benzene rings is 1. The van der Waals surface area contributed by atoms with Crippen molar-refractivity contribution >= 4 is 6.03 Å². The van der Waals surface area contributed by atoms with Crippen LogP contribution in [0.25, 0.3) is 0 Å². The van der Waals surface area contributed by atoms with E-state index in [0.717, 1.165) is 11.3 Å². The summed E-state index contributed by atoms with van der Waals surface area (Å²) in [6, 6.07) is 7.57. The van der Waals surface area contributed by atoms with Crippen LogP contribution in [0.15, 0.2) is 24.3 Å². The Balaban J connectivity index is 2.17. The van der Waals surface area contributed by atoms with Crippen LogP contribution in [0.2, 0.25) is 0 Å². The number of fused-ring (bicyclic) bond motifs is 1. The second-order valence-corrected chi connectivity index (χ2v) is 5.91. The number of nitrogens with one attached hydrogen (secondary N) is 1. The van der Waals surface area contributed by atoms with Gasteiger partial charge in [-0.1, -0.05) is 18.2 Å². The highest BCUT2D eigenvalue weighted by Crippen LogP contribution is 2.39. The standard InChI is InChI=1S/C16H24N2O3/c1-4-18(9-10-19)15(20)17-13-11-16(2,3)21-14-8-6-5-7-12(13)14/h5-8,13,19H,4,9-11H2,1-3H3,(H,17,20). The van der Waals surface area contributed by atoms with Gasteiger partial charge in [-0.25, -0.2) is 4.79 Å². The first-order valence-corrected chi connectivity index (χ1v) is 7.41. The highest BCUT2D eigenvalue weighted by molar-refractivity contribution is 5.75. The Hall–Kier alpha value is -1.75. The average Bonchev–Trinajstić information content (AvgIpc) is 2.43. The molecule has 0 saturated heterocycles. The van der Waals surface area contributed by atoms with E-state index in [2.05, 4.69) is 5.32 Å². The summed E-state index contributed by atoms with van der Waals surface area (Å²) < 4.78 is 5.96. The summed E-state index contributed by atoms with van der Waals surface area (Å²) in [5.41, 5.74) is 0.686. The summed E-state index contributed by atoms with van der Waals surface area (Å²) in [5.74, 6) is 0.823. The van der Waals surface area contributed by atoms with Gasteiger partial charge in [0.2, 0.25) is 0 Å². The largest absolute Gasteiger partial charge is 0.487 e. The van der Waals surface area contributed by atoms with E-state index in [0.29, 0.717) is 19.5 Å². The first-order chi connectivity index (χ1) is 9.96. The molecule has 0 aromatic heterocycles. The van der Waals surface area contributed by atoms with Gasteiger partial charge >= 0.3 is 6.03 Å². The van der Waals surface area contributed by atoms with Crippen LogP contribution in [-0.2, 0) is 0 Å². The van der Waals surface area contributed by atoms with Gasteiger partial charge in [-0.15, -0.1) is 0 Å². The molecule has 116 valence electrons. The molecule has 2 amide bonds. The first kappa shape index (κ1) is 15.6. The number of likely N-dealkylation sites (N-methyl/N-ethyl adjacent to an activating group) is 1. The van der Waals surface area contributed by atoms with Gasteiger partial charge < -0.3 is 20.1 Å². The molecule has 21 heavy (non-hydrogen) atoms. The number of carbonyl (C=O) groups excluding carboxylic acids is 1. The van der Waals surface area contributed by atoms with E-state index in [4.69, 9.17) is 9.84 Å². The average molecular weight is 292 g/mol. The monoisotopic (exact) mass is 292 g/mol. The summed E-state index contributed by atoms with van der Waals surface area (Å²) in [6.45, 7) is 6.83. The number of aliphatic hydroxyl groups is 1. The molecule has 2 N–H and O–H groups in total. The van der Waals surface area contributed by atoms with Crippen molar-refractivity contribution < 1.29 is 14.6 Å². The van der Waals surface area contributed by atoms with E-state index >= 15 is 0 Å². The van der Waals surface area contributed by atoms with Crippen molar-refractivity contribution in [1.82, 2.24) is 10.2 Å². The number of ether oxygens (including phenoxy) is 1. The molecule has 1 aromatic carbocycles. The molecule has 5 heteroatoms. The molecule has 0 saturated carbocycles. The SMILES string of the molecule is CCN(CCO)C(=O)NC1CC(C)(C)Oc2ccccc21. The highest BCUT2D eigenvalue weighted by atomic mass is 16.5. The van der Waals surface area contributed by atoms with Gasteiger partial charge in [0, 0.05) is 25.1 Å². The van der Waals surface area contributed by atoms with E-state index in [9.17, 15) is 4.79 Å². The fourth-order valence-corrected chi connectivity index (χ4v) is 2.70. The number of carbonyl (C=O) groups is 1. The second kappa shape index (κ2) is 6.35. The van der Waals surface area contributed by atoms with Crippen LogP contribution in [0.1, 0.15) is 38.8 Å². The van der Waals surface area contributed by atoms with Gasteiger partial charge in [0.25, 0.3) is 0 Å². The third-order valence-corrected chi connectivity index (χ3v) is 3.71. The third kappa shape index (κ3) is 3.67. The maximum Gasteiger partial charge on any atom is 0.317 e. The zero-order chi connectivity index (χ0) is 15.5. The van der Waals surface area contributed by atoms with E-state index < -0.39 is 0 Å². The number of nitrogens with zero attached hydrogens (tertiary/aromatic N) is 1. The Labute approximate surface area is 125 Å². The Morgan fingerprint density at radius 1 is 1.48 bits per heavy atom. The lowest BCUT2D eigenvalue weighted by atomic mass is 9.90. The van der Waals surface area contributed by atoms with Crippen molar-refractivity contribution in [2.45, 2.75) is 38.8 Å². The minimum Gasteiger partial charge on any atom is -0.487 e. The summed E-state index contributed by atoms with van der Waals surface area (Å²) in [6.07, 6.45) is 0.715. The van der Waals surface area contributed by atoms with Gasteiger partial charge in [0.05, 0.1) is 12.6 Å². The summed E-state index contributed by atoms with van der Waals surface area (Å²) in [5, 5.41) is 12.1. The van der Waals surface area contributed by atoms with Crippen molar-refractivity contribution in [2.24, 2.45) is 0 Å². The summed E-state index contributed by atoms with van der Waals surface area (Å²) >= 11 is 0. The van der Waals surface area contributed by atoms with Gasteiger partial charge in [0.15, 0.2) is 0 Å². The molecule has 1 unspecified atom stereocenters. The van der Waals surface area contributed by atoms with Crippen molar-refractivity contribution in [3.05, 3.63) is 29.8 Å². The van der Waals surface area contributed by atoms with E-state index in [1.165, 1.54) is 0 Å². The number of urea groups is 1. The van der Waals surface area contributed by atoms with Crippen molar-refractivity contribution in [1.29, 1.82) is 0 Å². The zero-order valence-electron chi connectivity index (χ0n) is 12.9. The lowest BCUT2D eigenvalue weighted by Crippen LogP contribution is -2.46. The molecule has 1 atom stereocenters. The highest BCUT2D eigenvalue weighted by Gasteiger charge is 2.34. The van der Waals surface area contributed by atoms with Crippen LogP contribution in [0.4, 0.5) is 4.79 Å². The summed E-state index contributed by atoms with van der Waals surface area (Å²) in [4.78, 5) is 13.9. The van der Waals surface area contributed by atoms with Crippen molar-refractivity contribution in [3.8, 4) is 5.75 Å². The van der Waals surface area contributed by atoms with Crippen molar-refractivity contribution in [2.75, 3.05) is 19.7 Å².